The molecule has 0 aliphatic carbocycles. The van der Waals surface area contributed by atoms with Gasteiger partial charge in [0.15, 0.2) is 0 Å². The summed E-state index contributed by atoms with van der Waals surface area (Å²) in [5.41, 5.74) is 6.72. The Morgan fingerprint density at radius 3 is 2.14 bits per heavy atom. The fourth-order valence-electron chi connectivity index (χ4n) is 2.92. The van der Waals surface area contributed by atoms with E-state index in [0.29, 0.717) is 5.92 Å². The van der Waals surface area contributed by atoms with Crippen LogP contribution < -0.4 is 0 Å². The van der Waals surface area contributed by atoms with Crippen LogP contribution in [0.15, 0.2) is 54.6 Å². The summed E-state index contributed by atoms with van der Waals surface area (Å²) in [4.78, 5) is 0. The largest absolute Gasteiger partial charge is 0.0587 e. The molecule has 0 amide bonds. The maximum absolute atomic E-state index is 2.33. The van der Waals surface area contributed by atoms with E-state index in [2.05, 4.69) is 82.3 Å². The zero-order valence-corrected chi connectivity index (χ0v) is 13.3. The first-order valence-corrected chi connectivity index (χ1v) is 7.66. The van der Waals surface area contributed by atoms with Gasteiger partial charge in [0.1, 0.15) is 0 Å². The van der Waals surface area contributed by atoms with E-state index < -0.39 is 0 Å². The summed E-state index contributed by atoms with van der Waals surface area (Å²) in [6.45, 7) is 8.83. The summed E-state index contributed by atoms with van der Waals surface area (Å²) in [6, 6.07) is 20.2. The van der Waals surface area contributed by atoms with Gasteiger partial charge >= 0.3 is 0 Å². The van der Waals surface area contributed by atoms with Crippen molar-refractivity contribution >= 4 is 10.8 Å². The lowest BCUT2D eigenvalue weighted by Gasteiger charge is -2.13. The van der Waals surface area contributed by atoms with Crippen molar-refractivity contribution in [1.29, 1.82) is 0 Å². The Kier molecular flexibility index (Phi) is 3.55. The average molecular weight is 274 g/mol. The summed E-state index contributed by atoms with van der Waals surface area (Å²) in [7, 11) is 0. The topological polar surface area (TPSA) is 0 Å². The van der Waals surface area contributed by atoms with Crippen LogP contribution in [0.3, 0.4) is 0 Å². The van der Waals surface area contributed by atoms with Crippen molar-refractivity contribution in [3.05, 3.63) is 71.3 Å². The molecule has 0 fully saturated rings. The SMILES string of the molecule is Cc1ccc(-c2c(C)ccc3cc(C(C)C)ccc23)cc1. The Labute approximate surface area is 127 Å². The Balaban J connectivity index is 2.26. The second-order valence-corrected chi connectivity index (χ2v) is 6.26. The van der Waals surface area contributed by atoms with Gasteiger partial charge in [0.05, 0.1) is 0 Å². The van der Waals surface area contributed by atoms with Crippen LogP contribution in [0.5, 0.6) is 0 Å². The van der Waals surface area contributed by atoms with Crippen LogP contribution in [0.4, 0.5) is 0 Å². The molecule has 21 heavy (non-hydrogen) atoms. The molecule has 0 nitrogen and oxygen atoms in total. The Hall–Kier alpha value is -2.08. The zero-order chi connectivity index (χ0) is 15.0. The van der Waals surface area contributed by atoms with Crippen molar-refractivity contribution in [1.82, 2.24) is 0 Å². The molecule has 0 bridgehead atoms. The van der Waals surface area contributed by atoms with Crippen LogP contribution in [-0.2, 0) is 0 Å². The molecule has 0 N–H and O–H groups in total. The predicted octanol–water partition coefficient (Wildman–Crippen LogP) is 6.25. The molecule has 0 aromatic heterocycles. The highest BCUT2D eigenvalue weighted by Crippen LogP contribution is 2.33. The van der Waals surface area contributed by atoms with Gasteiger partial charge in [-0.1, -0.05) is 74.0 Å². The quantitative estimate of drug-likeness (QED) is 0.518. The molecule has 3 aromatic rings. The maximum atomic E-state index is 2.33. The van der Waals surface area contributed by atoms with Gasteiger partial charge < -0.3 is 0 Å². The van der Waals surface area contributed by atoms with Crippen molar-refractivity contribution in [3.8, 4) is 11.1 Å². The molecule has 0 aliphatic rings. The standard InChI is InChI=1S/C21H22/c1-14(2)18-11-12-20-19(13-18)10-7-16(4)21(20)17-8-5-15(3)6-9-17/h5-14H,1-4H3. The second kappa shape index (κ2) is 5.37. The summed E-state index contributed by atoms with van der Waals surface area (Å²) < 4.78 is 0. The molecule has 0 heteroatoms. The molecule has 0 atom stereocenters. The molecule has 3 aromatic carbocycles. The first-order valence-electron chi connectivity index (χ1n) is 7.66. The van der Waals surface area contributed by atoms with Gasteiger partial charge in [-0.2, -0.15) is 0 Å². The van der Waals surface area contributed by atoms with Crippen molar-refractivity contribution in [3.63, 3.8) is 0 Å². The Morgan fingerprint density at radius 2 is 1.48 bits per heavy atom. The van der Waals surface area contributed by atoms with Gasteiger partial charge in [-0.25, -0.2) is 0 Å². The number of hydrogen-bond acceptors (Lipinski definition) is 0. The molecule has 0 saturated carbocycles. The molecule has 106 valence electrons. The monoisotopic (exact) mass is 274 g/mol. The summed E-state index contributed by atoms with van der Waals surface area (Å²) in [5, 5.41) is 2.69. The van der Waals surface area contributed by atoms with Gasteiger partial charge in [0.2, 0.25) is 0 Å². The van der Waals surface area contributed by atoms with Crippen LogP contribution in [-0.4, -0.2) is 0 Å². The van der Waals surface area contributed by atoms with E-state index in [9.17, 15) is 0 Å². The third kappa shape index (κ3) is 2.58. The minimum atomic E-state index is 0.568. The van der Waals surface area contributed by atoms with Gasteiger partial charge in [0, 0.05) is 0 Å². The van der Waals surface area contributed by atoms with Gasteiger partial charge in [-0.05, 0) is 52.8 Å². The van der Waals surface area contributed by atoms with Crippen molar-refractivity contribution in [2.75, 3.05) is 0 Å². The highest BCUT2D eigenvalue weighted by atomic mass is 14.1. The third-order valence-electron chi connectivity index (χ3n) is 4.26. The summed E-state index contributed by atoms with van der Waals surface area (Å²) in [5.74, 6) is 0.568. The molecule has 3 rings (SSSR count). The molecule has 0 saturated heterocycles. The molecule has 0 heterocycles. The zero-order valence-electron chi connectivity index (χ0n) is 13.3. The van der Waals surface area contributed by atoms with Crippen LogP contribution in [0.2, 0.25) is 0 Å². The molecule has 0 aliphatic heterocycles. The van der Waals surface area contributed by atoms with Crippen LogP contribution in [0, 0.1) is 13.8 Å². The number of fused-ring (bicyclic) bond motifs is 1. The van der Waals surface area contributed by atoms with E-state index in [1.165, 1.54) is 38.6 Å². The lowest BCUT2D eigenvalue weighted by Crippen LogP contribution is -1.90. The summed E-state index contributed by atoms with van der Waals surface area (Å²) in [6.07, 6.45) is 0. The van der Waals surface area contributed by atoms with Crippen LogP contribution in [0.25, 0.3) is 21.9 Å². The highest BCUT2D eigenvalue weighted by Gasteiger charge is 2.09. The molecule has 0 radical (unpaired) electrons. The number of rotatable bonds is 2. The fraction of sp³-hybridized carbons (Fsp3) is 0.238. The highest BCUT2D eigenvalue weighted by molar-refractivity contribution is 5.98. The predicted molar refractivity (Wildman–Crippen MR) is 92.9 cm³/mol. The second-order valence-electron chi connectivity index (χ2n) is 6.26. The van der Waals surface area contributed by atoms with Crippen LogP contribution >= 0.6 is 0 Å². The number of aryl methyl sites for hydroxylation is 2. The van der Waals surface area contributed by atoms with Crippen molar-refractivity contribution < 1.29 is 0 Å². The first kappa shape index (κ1) is 13.9. The van der Waals surface area contributed by atoms with E-state index in [-0.39, 0.29) is 0 Å². The van der Waals surface area contributed by atoms with Crippen molar-refractivity contribution in [2.45, 2.75) is 33.6 Å². The third-order valence-corrected chi connectivity index (χ3v) is 4.26. The molecular formula is C21H22. The number of hydrogen-bond donors (Lipinski definition) is 0. The minimum Gasteiger partial charge on any atom is -0.0587 e. The fourth-order valence-corrected chi connectivity index (χ4v) is 2.92. The maximum Gasteiger partial charge on any atom is -0.00761 e. The van der Waals surface area contributed by atoms with Gasteiger partial charge in [-0.3, -0.25) is 0 Å². The van der Waals surface area contributed by atoms with E-state index in [0.717, 1.165) is 0 Å². The van der Waals surface area contributed by atoms with E-state index in [1.54, 1.807) is 0 Å². The normalized spacial score (nSPS) is 11.3. The Morgan fingerprint density at radius 1 is 0.762 bits per heavy atom. The van der Waals surface area contributed by atoms with Crippen molar-refractivity contribution in [2.24, 2.45) is 0 Å². The molecule has 0 unspecified atom stereocenters. The first-order chi connectivity index (χ1) is 10.1. The van der Waals surface area contributed by atoms with E-state index in [4.69, 9.17) is 0 Å². The summed E-state index contributed by atoms with van der Waals surface area (Å²) >= 11 is 0. The minimum absolute atomic E-state index is 0.568. The van der Waals surface area contributed by atoms with Gasteiger partial charge in [-0.15, -0.1) is 0 Å². The van der Waals surface area contributed by atoms with E-state index in [1.807, 2.05) is 0 Å². The lowest BCUT2D eigenvalue weighted by atomic mass is 9.91. The van der Waals surface area contributed by atoms with Gasteiger partial charge in [0.25, 0.3) is 0 Å². The lowest BCUT2D eigenvalue weighted by molar-refractivity contribution is 0.869. The average Bonchev–Trinajstić information content (AvgIpc) is 2.48. The molecule has 0 spiro atoms. The molecular weight excluding hydrogens is 252 g/mol. The van der Waals surface area contributed by atoms with E-state index >= 15 is 0 Å². The smallest absolute Gasteiger partial charge is 0.00761 e. The van der Waals surface area contributed by atoms with Crippen LogP contribution in [0.1, 0.15) is 36.5 Å². The Bertz CT molecular complexity index is 777. The number of benzene rings is 3.